The Bertz CT molecular complexity index is 575. The van der Waals surface area contributed by atoms with Gasteiger partial charge >= 0.3 is 5.97 Å². The van der Waals surface area contributed by atoms with Crippen molar-refractivity contribution in [3.63, 3.8) is 0 Å². The highest BCUT2D eigenvalue weighted by Crippen LogP contribution is 2.24. The van der Waals surface area contributed by atoms with Gasteiger partial charge in [0.2, 0.25) is 10.0 Å². The van der Waals surface area contributed by atoms with Gasteiger partial charge in [0.25, 0.3) is 0 Å². The number of hydrogen-bond donors (Lipinski definition) is 1. The van der Waals surface area contributed by atoms with Gasteiger partial charge < -0.3 is 9.64 Å². The van der Waals surface area contributed by atoms with Crippen LogP contribution >= 0.6 is 0 Å². The van der Waals surface area contributed by atoms with Crippen LogP contribution in [0.25, 0.3) is 0 Å². The number of nitrogens with two attached hydrogens (primary N) is 1. The summed E-state index contributed by atoms with van der Waals surface area (Å²) in [6.45, 7) is 1.49. The van der Waals surface area contributed by atoms with Gasteiger partial charge in [-0.15, -0.1) is 0 Å². The molecule has 110 valence electrons. The van der Waals surface area contributed by atoms with Gasteiger partial charge in [0, 0.05) is 18.8 Å². The molecule has 2 rings (SSSR count). The summed E-state index contributed by atoms with van der Waals surface area (Å²) in [6.07, 6.45) is 1.48. The highest BCUT2D eigenvalue weighted by atomic mass is 32.2. The summed E-state index contributed by atoms with van der Waals surface area (Å²) < 4.78 is 27.1. The first-order valence-corrected chi connectivity index (χ1v) is 7.92. The lowest BCUT2D eigenvalue weighted by molar-refractivity contribution is -0.146. The van der Waals surface area contributed by atoms with Crippen molar-refractivity contribution in [2.24, 2.45) is 11.1 Å². The van der Waals surface area contributed by atoms with Gasteiger partial charge in [0.15, 0.2) is 0 Å². The molecular weight excluding hydrogens is 280 g/mol. The summed E-state index contributed by atoms with van der Waals surface area (Å²) in [4.78, 5) is 13.7. The number of sulfonamides is 1. The number of nitrogens with zero attached hydrogens (tertiary/aromatic N) is 1. The Labute approximate surface area is 118 Å². The Hall–Kier alpha value is -1.60. The monoisotopic (exact) mass is 298 g/mol. The van der Waals surface area contributed by atoms with Crippen molar-refractivity contribution in [1.82, 2.24) is 0 Å². The zero-order chi connectivity index (χ0) is 14.8. The molecule has 1 aromatic rings. The predicted octanol–water partition coefficient (Wildman–Crippen LogP) is 0.723. The molecule has 0 radical (unpaired) electrons. The average Bonchev–Trinajstić information content (AvgIpc) is 2.46. The second kappa shape index (κ2) is 5.80. The molecule has 0 saturated carbocycles. The number of methoxy groups -OCH3 is 1. The first kappa shape index (κ1) is 14.8. The molecule has 7 heteroatoms. The van der Waals surface area contributed by atoms with Gasteiger partial charge in [-0.2, -0.15) is 0 Å². The number of hydrogen-bond acceptors (Lipinski definition) is 5. The van der Waals surface area contributed by atoms with Crippen LogP contribution in [0, 0.1) is 5.92 Å². The molecule has 1 saturated heterocycles. The highest BCUT2D eigenvalue weighted by molar-refractivity contribution is 7.89. The lowest BCUT2D eigenvalue weighted by Gasteiger charge is -2.32. The number of carbonyl (C=O) groups excluding carboxylic acids is 1. The number of esters is 1. The van der Waals surface area contributed by atoms with Crippen LogP contribution in [-0.4, -0.2) is 34.6 Å². The van der Waals surface area contributed by atoms with E-state index in [0.717, 1.165) is 31.6 Å². The largest absolute Gasteiger partial charge is 0.469 e. The van der Waals surface area contributed by atoms with E-state index in [1.165, 1.54) is 19.2 Å². The van der Waals surface area contributed by atoms with Gasteiger partial charge in [-0.3, -0.25) is 4.79 Å². The maximum absolute atomic E-state index is 11.4. The van der Waals surface area contributed by atoms with E-state index >= 15 is 0 Å². The topological polar surface area (TPSA) is 89.7 Å². The molecule has 1 aliphatic rings. The minimum absolute atomic E-state index is 0.0417. The van der Waals surface area contributed by atoms with Gasteiger partial charge in [-0.1, -0.05) is 0 Å². The SMILES string of the molecule is COC(=O)C1CCN(c2ccc(S(N)(=O)=O)cc2)CC1. The summed E-state index contributed by atoms with van der Waals surface area (Å²) in [5.41, 5.74) is 0.931. The molecule has 0 unspecified atom stereocenters. The quantitative estimate of drug-likeness (QED) is 0.831. The van der Waals surface area contributed by atoms with Crippen LogP contribution in [0.2, 0.25) is 0 Å². The van der Waals surface area contributed by atoms with Crippen molar-refractivity contribution in [2.75, 3.05) is 25.1 Å². The summed E-state index contributed by atoms with van der Waals surface area (Å²) in [5, 5.41) is 5.06. The fourth-order valence-electron chi connectivity index (χ4n) is 2.39. The molecule has 2 N–H and O–H groups in total. The molecule has 1 fully saturated rings. The van der Waals surface area contributed by atoms with E-state index in [4.69, 9.17) is 9.88 Å². The molecule has 0 bridgehead atoms. The molecule has 0 aromatic heterocycles. The Balaban J connectivity index is 2.02. The Morgan fingerprint density at radius 1 is 1.25 bits per heavy atom. The summed E-state index contributed by atoms with van der Waals surface area (Å²) in [6, 6.07) is 6.46. The molecule has 0 spiro atoms. The van der Waals surface area contributed by atoms with Crippen LogP contribution in [0.4, 0.5) is 5.69 Å². The van der Waals surface area contributed by atoms with Crippen molar-refractivity contribution < 1.29 is 17.9 Å². The average molecular weight is 298 g/mol. The fourth-order valence-corrected chi connectivity index (χ4v) is 2.90. The van der Waals surface area contributed by atoms with Gasteiger partial charge in [0.1, 0.15) is 0 Å². The number of piperidine rings is 1. The Morgan fingerprint density at radius 3 is 2.25 bits per heavy atom. The van der Waals surface area contributed by atoms with Crippen molar-refractivity contribution in [2.45, 2.75) is 17.7 Å². The van der Waals surface area contributed by atoms with Crippen molar-refractivity contribution in [3.05, 3.63) is 24.3 Å². The van der Waals surface area contributed by atoms with E-state index in [9.17, 15) is 13.2 Å². The van der Waals surface area contributed by atoms with Crippen LogP contribution in [0.5, 0.6) is 0 Å². The third kappa shape index (κ3) is 3.29. The molecule has 1 aliphatic heterocycles. The van der Waals surface area contributed by atoms with Gasteiger partial charge in [0.05, 0.1) is 17.9 Å². The molecule has 20 heavy (non-hydrogen) atoms. The normalized spacial score (nSPS) is 17.0. The molecule has 0 amide bonds. The third-order valence-electron chi connectivity index (χ3n) is 3.56. The zero-order valence-electron chi connectivity index (χ0n) is 11.3. The molecule has 0 aliphatic carbocycles. The standard InChI is InChI=1S/C13H18N2O4S/c1-19-13(16)10-6-8-15(9-7-10)11-2-4-12(5-3-11)20(14,17)18/h2-5,10H,6-9H2,1H3,(H2,14,17,18). The van der Waals surface area contributed by atoms with Crippen LogP contribution in [0.1, 0.15) is 12.8 Å². The van der Waals surface area contributed by atoms with Crippen molar-refractivity contribution >= 4 is 21.7 Å². The minimum atomic E-state index is -3.65. The second-order valence-electron chi connectivity index (χ2n) is 4.82. The maximum atomic E-state index is 11.4. The molecule has 1 aromatic carbocycles. The summed E-state index contributed by atoms with van der Waals surface area (Å²) in [5.74, 6) is -0.200. The van der Waals surface area contributed by atoms with Crippen LogP contribution in [0.15, 0.2) is 29.2 Å². The lowest BCUT2D eigenvalue weighted by atomic mass is 9.96. The third-order valence-corrected chi connectivity index (χ3v) is 4.49. The van der Waals surface area contributed by atoms with E-state index in [1.807, 2.05) is 0 Å². The number of carbonyl (C=O) groups is 1. The lowest BCUT2D eigenvalue weighted by Crippen LogP contribution is -2.36. The van der Waals surface area contributed by atoms with E-state index in [2.05, 4.69) is 4.90 Å². The first-order valence-electron chi connectivity index (χ1n) is 6.37. The van der Waals surface area contributed by atoms with Crippen LogP contribution in [0.3, 0.4) is 0 Å². The van der Waals surface area contributed by atoms with Crippen molar-refractivity contribution in [3.8, 4) is 0 Å². The van der Waals surface area contributed by atoms with Crippen LogP contribution < -0.4 is 10.0 Å². The smallest absolute Gasteiger partial charge is 0.308 e. The second-order valence-corrected chi connectivity index (χ2v) is 6.38. The number of primary sulfonamides is 1. The summed E-state index contributed by atoms with van der Waals surface area (Å²) in [7, 11) is -2.25. The summed E-state index contributed by atoms with van der Waals surface area (Å²) >= 11 is 0. The van der Waals surface area contributed by atoms with E-state index in [0.29, 0.717) is 0 Å². The molecule has 0 atom stereocenters. The van der Waals surface area contributed by atoms with Crippen molar-refractivity contribution in [1.29, 1.82) is 0 Å². The molecule has 1 heterocycles. The highest BCUT2D eigenvalue weighted by Gasteiger charge is 2.25. The molecule has 6 nitrogen and oxygen atoms in total. The van der Waals surface area contributed by atoms with Crippen LogP contribution in [-0.2, 0) is 19.6 Å². The fraction of sp³-hybridized carbons (Fsp3) is 0.462. The van der Waals surface area contributed by atoms with E-state index in [1.54, 1.807) is 12.1 Å². The van der Waals surface area contributed by atoms with E-state index in [-0.39, 0.29) is 16.8 Å². The molecular formula is C13H18N2O4S. The number of benzene rings is 1. The zero-order valence-corrected chi connectivity index (χ0v) is 12.1. The minimum Gasteiger partial charge on any atom is -0.469 e. The van der Waals surface area contributed by atoms with Gasteiger partial charge in [-0.05, 0) is 37.1 Å². The number of anilines is 1. The number of ether oxygens (including phenoxy) is 1. The maximum Gasteiger partial charge on any atom is 0.308 e. The van der Waals surface area contributed by atoms with Gasteiger partial charge in [-0.25, -0.2) is 13.6 Å². The number of rotatable bonds is 3. The van der Waals surface area contributed by atoms with E-state index < -0.39 is 10.0 Å². The Kier molecular flexibility index (Phi) is 4.29. The Morgan fingerprint density at radius 2 is 1.80 bits per heavy atom. The first-order chi connectivity index (χ1) is 9.41. The predicted molar refractivity (Wildman–Crippen MR) is 74.8 cm³/mol.